The Labute approximate surface area is 83.3 Å². The van der Waals surface area contributed by atoms with Gasteiger partial charge in [0.05, 0.1) is 5.92 Å². The Morgan fingerprint density at radius 2 is 2.21 bits per heavy atom. The number of nitrogens with one attached hydrogen (secondary N) is 2. The molecule has 2 heterocycles. The van der Waals surface area contributed by atoms with Crippen molar-refractivity contribution in [3.8, 4) is 0 Å². The van der Waals surface area contributed by atoms with Gasteiger partial charge in [-0.1, -0.05) is 0 Å². The Morgan fingerprint density at radius 1 is 1.43 bits per heavy atom. The molecule has 0 radical (unpaired) electrons. The Morgan fingerprint density at radius 3 is 2.86 bits per heavy atom. The van der Waals surface area contributed by atoms with Gasteiger partial charge in [-0.05, 0) is 31.5 Å². The van der Waals surface area contributed by atoms with Crippen LogP contribution in [0.3, 0.4) is 0 Å². The van der Waals surface area contributed by atoms with E-state index in [9.17, 15) is 4.79 Å². The highest BCUT2D eigenvalue weighted by atomic mass is 16.2. The Kier molecular flexibility index (Phi) is 2.84. The summed E-state index contributed by atoms with van der Waals surface area (Å²) in [5.41, 5.74) is 2.83. The number of piperidine rings is 1. The van der Waals surface area contributed by atoms with Crippen LogP contribution in [0, 0.1) is 5.92 Å². The highest BCUT2D eigenvalue weighted by Gasteiger charge is 2.20. The second-order valence-electron chi connectivity index (χ2n) is 3.61. The molecule has 4 heteroatoms. The van der Waals surface area contributed by atoms with Gasteiger partial charge in [-0.25, -0.2) is 0 Å². The topological polar surface area (TPSA) is 46.1 Å². The molecule has 0 spiro atoms. The maximum Gasteiger partial charge on any atom is 0.243 e. The van der Waals surface area contributed by atoms with E-state index < -0.39 is 0 Å². The van der Waals surface area contributed by atoms with E-state index in [1.165, 1.54) is 0 Å². The standard InChI is InChI=1S/C10H15N3O/c14-10(9-4-3-5-11-8-9)12-13-6-1-2-7-13/h1-2,6-7,9,11H,3-5,8H2,(H,12,14)/t9-/m1/s1. The van der Waals surface area contributed by atoms with Crippen LogP contribution in [0.25, 0.3) is 0 Å². The van der Waals surface area contributed by atoms with Gasteiger partial charge >= 0.3 is 0 Å². The van der Waals surface area contributed by atoms with Crippen molar-refractivity contribution in [2.45, 2.75) is 12.8 Å². The monoisotopic (exact) mass is 193 g/mol. The highest BCUT2D eigenvalue weighted by Crippen LogP contribution is 2.09. The first-order valence-electron chi connectivity index (χ1n) is 5.01. The van der Waals surface area contributed by atoms with E-state index in [1.54, 1.807) is 4.68 Å². The second kappa shape index (κ2) is 4.28. The minimum atomic E-state index is 0.105. The van der Waals surface area contributed by atoms with Crippen molar-refractivity contribution in [1.82, 2.24) is 9.99 Å². The van der Waals surface area contributed by atoms with E-state index in [1.807, 2.05) is 24.5 Å². The fourth-order valence-corrected chi connectivity index (χ4v) is 1.70. The number of carbonyl (C=O) groups excluding carboxylic acids is 1. The fourth-order valence-electron chi connectivity index (χ4n) is 1.70. The molecular weight excluding hydrogens is 178 g/mol. The predicted molar refractivity (Wildman–Crippen MR) is 54.4 cm³/mol. The third-order valence-corrected chi connectivity index (χ3v) is 2.51. The van der Waals surface area contributed by atoms with Crippen molar-refractivity contribution in [3.05, 3.63) is 24.5 Å². The Bertz CT molecular complexity index is 288. The number of rotatable bonds is 2. The molecule has 1 amide bonds. The number of hydrogen-bond acceptors (Lipinski definition) is 2. The summed E-state index contributed by atoms with van der Waals surface area (Å²) in [5.74, 6) is 0.222. The Balaban J connectivity index is 1.88. The van der Waals surface area contributed by atoms with E-state index in [2.05, 4.69) is 10.7 Å². The van der Waals surface area contributed by atoms with Gasteiger partial charge < -0.3 is 5.32 Å². The van der Waals surface area contributed by atoms with Gasteiger partial charge in [-0.3, -0.25) is 14.9 Å². The lowest BCUT2D eigenvalue weighted by molar-refractivity contribution is -0.121. The molecule has 1 atom stereocenters. The first kappa shape index (κ1) is 9.27. The summed E-state index contributed by atoms with van der Waals surface area (Å²) in [6, 6.07) is 3.78. The summed E-state index contributed by atoms with van der Waals surface area (Å²) < 4.78 is 1.69. The summed E-state index contributed by atoms with van der Waals surface area (Å²) in [7, 11) is 0. The molecule has 0 aromatic carbocycles. The summed E-state index contributed by atoms with van der Waals surface area (Å²) in [5, 5.41) is 3.23. The second-order valence-corrected chi connectivity index (χ2v) is 3.61. The van der Waals surface area contributed by atoms with Gasteiger partial charge in [0, 0.05) is 18.9 Å². The van der Waals surface area contributed by atoms with Crippen LogP contribution in [0.5, 0.6) is 0 Å². The van der Waals surface area contributed by atoms with Crippen molar-refractivity contribution < 1.29 is 4.79 Å². The van der Waals surface area contributed by atoms with Crippen molar-refractivity contribution in [1.29, 1.82) is 0 Å². The first-order chi connectivity index (χ1) is 6.86. The van der Waals surface area contributed by atoms with Crippen molar-refractivity contribution >= 4 is 5.91 Å². The number of aromatic nitrogens is 1. The van der Waals surface area contributed by atoms with Gasteiger partial charge in [0.15, 0.2) is 0 Å². The molecule has 2 N–H and O–H groups in total. The highest BCUT2D eigenvalue weighted by molar-refractivity contribution is 5.86. The third-order valence-electron chi connectivity index (χ3n) is 2.51. The molecule has 0 aliphatic carbocycles. The molecule has 1 aliphatic heterocycles. The van der Waals surface area contributed by atoms with E-state index in [-0.39, 0.29) is 11.8 Å². The fraction of sp³-hybridized carbons (Fsp3) is 0.500. The van der Waals surface area contributed by atoms with Crippen molar-refractivity contribution in [2.75, 3.05) is 18.5 Å². The molecule has 2 rings (SSSR count). The van der Waals surface area contributed by atoms with Crippen LogP contribution in [-0.4, -0.2) is 23.7 Å². The van der Waals surface area contributed by atoms with E-state index in [0.717, 1.165) is 25.9 Å². The summed E-state index contributed by atoms with van der Waals surface area (Å²) in [4.78, 5) is 11.7. The molecule has 0 unspecified atom stereocenters. The van der Waals surface area contributed by atoms with Crippen LogP contribution in [0.1, 0.15) is 12.8 Å². The smallest absolute Gasteiger partial charge is 0.243 e. The van der Waals surface area contributed by atoms with Crippen LogP contribution in [-0.2, 0) is 4.79 Å². The number of amides is 1. The zero-order valence-corrected chi connectivity index (χ0v) is 8.07. The molecule has 76 valence electrons. The molecule has 1 aliphatic rings. The zero-order chi connectivity index (χ0) is 9.80. The lowest BCUT2D eigenvalue weighted by atomic mass is 9.99. The van der Waals surface area contributed by atoms with Crippen LogP contribution in [0.15, 0.2) is 24.5 Å². The van der Waals surface area contributed by atoms with Gasteiger partial charge in [-0.2, -0.15) is 0 Å². The van der Waals surface area contributed by atoms with Crippen molar-refractivity contribution in [3.63, 3.8) is 0 Å². The Hall–Kier alpha value is -1.29. The average Bonchev–Trinajstić information content (AvgIpc) is 2.72. The number of nitrogens with zero attached hydrogens (tertiary/aromatic N) is 1. The molecule has 1 aromatic rings. The molecule has 4 nitrogen and oxygen atoms in total. The molecule has 0 bridgehead atoms. The first-order valence-corrected chi connectivity index (χ1v) is 5.01. The predicted octanol–water partition coefficient (Wildman–Crippen LogP) is 0.558. The lowest BCUT2D eigenvalue weighted by Crippen LogP contribution is -2.39. The average molecular weight is 193 g/mol. The van der Waals surface area contributed by atoms with Crippen molar-refractivity contribution in [2.24, 2.45) is 5.92 Å². The molecule has 0 saturated carbocycles. The normalized spacial score (nSPS) is 21.9. The van der Waals surface area contributed by atoms with E-state index in [0.29, 0.717) is 0 Å². The summed E-state index contributed by atoms with van der Waals surface area (Å²) in [6.45, 7) is 1.83. The van der Waals surface area contributed by atoms with Crippen LogP contribution < -0.4 is 10.7 Å². The van der Waals surface area contributed by atoms with Gasteiger partial charge in [0.1, 0.15) is 0 Å². The quantitative estimate of drug-likeness (QED) is 0.721. The molecule has 1 fully saturated rings. The summed E-state index contributed by atoms with van der Waals surface area (Å²) in [6.07, 6.45) is 5.73. The number of hydrogen-bond donors (Lipinski definition) is 2. The van der Waals surface area contributed by atoms with E-state index >= 15 is 0 Å². The van der Waals surface area contributed by atoms with Crippen LogP contribution in [0.2, 0.25) is 0 Å². The molecular formula is C10H15N3O. The maximum atomic E-state index is 11.7. The minimum Gasteiger partial charge on any atom is -0.316 e. The third kappa shape index (κ3) is 2.14. The zero-order valence-electron chi connectivity index (χ0n) is 8.07. The SMILES string of the molecule is O=C(Nn1cccc1)[C@@H]1CCCNC1. The van der Waals surface area contributed by atoms with Gasteiger partial charge in [0.2, 0.25) is 5.91 Å². The summed E-state index contributed by atoms with van der Waals surface area (Å²) >= 11 is 0. The molecule has 14 heavy (non-hydrogen) atoms. The van der Waals surface area contributed by atoms with Gasteiger partial charge in [0.25, 0.3) is 0 Å². The minimum absolute atomic E-state index is 0.105. The maximum absolute atomic E-state index is 11.7. The van der Waals surface area contributed by atoms with E-state index in [4.69, 9.17) is 0 Å². The number of carbonyl (C=O) groups is 1. The largest absolute Gasteiger partial charge is 0.316 e. The lowest BCUT2D eigenvalue weighted by Gasteiger charge is -2.21. The molecule has 1 saturated heterocycles. The van der Waals surface area contributed by atoms with Crippen LogP contribution in [0.4, 0.5) is 0 Å². The van der Waals surface area contributed by atoms with Crippen LogP contribution >= 0.6 is 0 Å². The molecule has 1 aromatic heterocycles. The van der Waals surface area contributed by atoms with Gasteiger partial charge in [-0.15, -0.1) is 0 Å².